The van der Waals surface area contributed by atoms with E-state index in [1.165, 1.54) is 22.7 Å². The van der Waals surface area contributed by atoms with Gasteiger partial charge >= 0.3 is 0 Å². The zero-order valence-electron chi connectivity index (χ0n) is 10.7. The number of thiophene rings is 1. The standard InChI is InChI=1S/C13H12N4OS2/c1-7(12-16-5-6-19-12)17-11(18)10-9(14)8-3-2-4-15-13(8)20-10/h2-7H,14H2,1H3,(H,17,18). The summed E-state index contributed by atoms with van der Waals surface area (Å²) in [5, 5.41) is 6.49. The van der Waals surface area contributed by atoms with Crippen molar-refractivity contribution in [3.8, 4) is 0 Å². The van der Waals surface area contributed by atoms with Gasteiger partial charge in [-0.25, -0.2) is 9.97 Å². The molecule has 1 atom stereocenters. The van der Waals surface area contributed by atoms with Crippen LogP contribution in [-0.4, -0.2) is 15.9 Å². The number of nitrogens with zero attached hydrogens (tertiary/aromatic N) is 2. The van der Waals surface area contributed by atoms with Crippen molar-refractivity contribution in [2.24, 2.45) is 0 Å². The number of nitrogens with one attached hydrogen (secondary N) is 1. The van der Waals surface area contributed by atoms with Crippen LogP contribution in [0, 0.1) is 0 Å². The molecule has 3 aromatic heterocycles. The summed E-state index contributed by atoms with van der Waals surface area (Å²) < 4.78 is 0. The summed E-state index contributed by atoms with van der Waals surface area (Å²) in [7, 11) is 0. The molecule has 5 nitrogen and oxygen atoms in total. The molecule has 0 fully saturated rings. The number of nitrogens with two attached hydrogens (primary N) is 1. The van der Waals surface area contributed by atoms with Crippen LogP contribution in [0.2, 0.25) is 0 Å². The second kappa shape index (κ2) is 5.18. The van der Waals surface area contributed by atoms with Gasteiger partial charge in [-0.15, -0.1) is 22.7 Å². The molecule has 0 radical (unpaired) electrons. The minimum atomic E-state index is -0.187. The number of rotatable bonds is 3. The van der Waals surface area contributed by atoms with Crippen molar-refractivity contribution in [2.75, 3.05) is 5.73 Å². The highest BCUT2D eigenvalue weighted by atomic mass is 32.1. The molecule has 0 aliphatic carbocycles. The Labute approximate surface area is 123 Å². The fraction of sp³-hybridized carbons (Fsp3) is 0.154. The molecule has 0 aliphatic rings. The normalized spacial score (nSPS) is 12.4. The molecule has 0 aliphatic heterocycles. The van der Waals surface area contributed by atoms with Crippen molar-refractivity contribution >= 4 is 44.5 Å². The van der Waals surface area contributed by atoms with Crippen molar-refractivity contribution in [3.05, 3.63) is 39.8 Å². The fourth-order valence-electron chi connectivity index (χ4n) is 1.89. The van der Waals surface area contributed by atoms with Crippen LogP contribution in [0.25, 0.3) is 10.2 Å². The summed E-state index contributed by atoms with van der Waals surface area (Å²) in [6.07, 6.45) is 3.42. The molecule has 1 amide bonds. The van der Waals surface area contributed by atoms with E-state index in [1.54, 1.807) is 12.4 Å². The third-order valence-corrected chi connectivity index (χ3v) is 4.97. The highest BCUT2D eigenvalue weighted by molar-refractivity contribution is 7.21. The van der Waals surface area contributed by atoms with Gasteiger partial charge in [0.05, 0.1) is 11.7 Å². The second-order valence-electron chi connectivity index (χ2n) is 4.27. The van der Waals surface area contributed by atoms with Crippen LogP contribution in [0.15, 0.2) is 29.9 Å². The largest absolute Gasteiger partial charge is 0.397 e. The first kappa shape index (κ1) is 13.0. The van der Waals surface area contributed by atoms with Crippen LogP contribution < -0.4 is 11.1 Å². The maximum atomic E-state index is 12.3. The smallest absolute Gasteiger partial charge is 0.264 e. The molecular formula is C13H12N4OS2. The van der Waals surface area contributed by atoms with Gasteiger partial charge in [0.15, 0.2) is 0 Å². The molecule has 20 heavy (non-hydrogen) atoms. The first-order chi connectivity index (χ1) is 9.66. The van der Waals surface area contributed by atoms with Crippen molar-refractivity contribution < 1.29 is 4.79 Å². The Morgan fingerprint density at radius 1 is 1.40 bits per heavy atom. The Bertz CT molecular complexity index is 751. The Morgan fingerprint density at radius 3 is 2.95 bits per heavy atom. The summed E-state index contributed by atoms with van der Waals surface area (Å²) in [5.74, 6) is -0.187. The average molecular weight is 304 g/mol. The lowest BCUT2D eigenvalue weighted by Gasteiger charge is -2.10. The van der Waals surface area contributed by atoms with Crippen molar-refractivity contribution in [1.82, 2.24) is 15.3 Å². The third-order valence-electron chi connectivity index (χ3n) is 2.88. The highest BCUT2D eigenvalue weighted by Crippen LogP contribution is 2.32. The Morgan fingerprint density at radius 2 is 2.25 bits per heavy atom. The van der Waals surface area contributed by atoms with E-state index in [2.05, 4.69) is 15.3 Å². The number of hydrogen-bond acceptors (Lipinski definition) is 6. The van der Waals surface area contributed by atoms with Gasteiger partial charge < -0.3 is 11.1 Å². The van der Waals surface area contributed by atoms with E-state index >= 15 is 0 Å². The number of pyridine rings is 1. The molecule has 3 aromatic rings. The SMILES string of the molecule is CC(NC(=O)c1sc2ncccc2c1N)c1nccs1. The molecule has 7 heteroatoms. The molecule has 0 saturated heterocycles. The number of carbonyl (C=O) groups is 1. The number of fused-ring (bicyclic) bond motifs is 1. The van der Waals surface area contributed by atoms with E-state index in [-0.39, 0.29) is 11.9 Å². The lowest BCUT2D eigenvalue weighted by molar-refractivity contribution is 0.0945. The number of hydrogen-bond donors (Lipinski definition) is 2. The lowest BCUT2D eigenvalue weighted by Crippen LogP contribution is -2.26. The average Bonchev–Trinajstić information content (AvgIpc) is 3.07. The van der Waals surface area contributed by atoms with E-state index in [0.29, 0.717) is 10.6 Å². The molecule has 0 aromatic carbocycles. The topological polar surface area (TPSA) is 80.9 Å². The van der Waals surface area contributed by atoms with Crippen LogP contribution in [0.4, 0.5) is 5.69 Å². The summed E-state index contributed by atoms with van der Waals surface area (Å²) in [4.78, 5) is 22.0. The monoisotopic (exact) mass is 304 g/mol. The first-order valence-corrected chi connectivity index (χ1v) is 7.69. The predicted molar refractivity (Wildman–Crippen MR) is 82.0 cm³/mol. The number of thiazole rings is 1. The summed E-state index contributed by atoms with van der Waals surface area (Å²) in [6, 6.07) is 3.54. The summed E-state index contributed by atoms with van der Waals surface area (Å²) >= 11 is 2.82. The van der Waals surface area contributed by atoms with Gasteiger partial charge in [-0.3, -0.25) is 4.79 Å². The van der Waals surface area contributed by atoms with Crippen molar-refractivity contribution in [2.45, 2.75) is 13.0 Å². The number of anilines is 1. The summed E-state index contributed by atoms with van der Waals surface area (Å²) in [6.45, 7) is 1.90. The lowest BCUT2D eigenvalue weighted by atomic mass is 10.2. The molecule has 1 unspecified atom stereocenters. The van der Waals surface area contributed by atoms with Crippen LogP contribution in [0.5, 0.6) is 0 Å². The second-order valence-corrected chi connectivity index (χ2v) is 6.19. The Hall–Kier alpha value is -1.99. The van der Waals surface area contributed by atoms with Gasteiger partial charge in [0.1, 0.15) is 14.7 Å². The Balaban J connectivity index is 1.87. The number of aromatic nitrogens is 2. The maximum Gasteiger partial charge on any atom is 0.264 e. The molecular weight excluding hydrogens is 292 g/mol. The highest BCUT2D eigenvalue weighted by Gasteiger charge is 2.19. The minimum absolute atomic E-state index is 0.139. The zero-order chi connectivity index (χ0) is 14.1. The van der Waals surface area contributed by atoms with Crippen LogP contribution in [0.1, 0.15) is 27.6 Å². The summed E-state index contributed by atoms with van der Waals surface area (Å²) in [5.41, 5.74) is 6.52. The van der Waals surface area contributed by atoms with Crippen molar-refractivity contribution in [3.63, 3.8) is 0 Å². The van der Waals surface area contributed by atoms with Crippen LogP contribution in [0.3, 0.4) is 0 Å². The quantitative estimate of drug-likeness (QED) is 0.779. The van der Waals surface area contributed by atoms with Gasteiger partial charge in [-0.1, -0.05) is 0 Å². The molecule has 3 heterocycles. The van der Waals surface area contributed by atoms with Gasteiger partial charge in [-0.05, 0) is 19.1 Å². The molecule has 3 rings (SSSR count). The van der Waals surface area contributed by atoms with Crippen molar-refractivity contribution in [1.29, 1.82) is 0 Å². The number of amides is 1. The van der Waals surface area contributed by atoms with Gasteiger partial charge in [0.25, 0.3) is 5.91 Å². The van der Waals surface area contributed by atoms with Crippen LogP contribution in [-0.2, 0) is 0 Å². The van der Waals surface area contributed by atoms with E-state index in [4.69, 9.17) is 5.73 Å². The maximum absolute atomic E-state index is 12.3. The van der Waals surface area contributed by atoms with Gasteiger partial charge in [0, 0.05) is 23.2 Å². The molecule has 102 valence electrons. The molecule has 0 bridgehead atoms. The first-order valence-electron chi connectivity index (χ1n) is 6.00. The minimum Gasteiger partial charge on any atom is -0.397 e. The van der Waals surface area contributed by atoms with Gasteiger partial charge in [-0.2, -0.15) is 0 Å². The number of carbonyl (C=O) groups excluding carboxylic acids is 1. The third kappa shape index (κ3) is 2.25. The molecule has 0 saturated carbocycles. The van der Waals surface area contributed by atoms with E-state index in [9.17, 15) is 4.79 Å². The van der Waals surface area contributed by atoms with E-state index in [0.717, 1.165) is 15.2 Å². The van der Waals surface area contributed by atoms with Crippen LogP contribution >= 0.6 is 22.7 Å². The van der Waals surface area contributed by atoms with E-state index in [1.807, 2.05) is 24.4 Å². The molecule has 0 spiro atoms. The number of nitrogen functional groups attached to an aromatic ring is 1. The predicted octanol–water partition coefficient (Wildman–Crippen LogP) is 2.83. The van der Waals surface area contributed by atoms with E-state index < -0.39 is 0 Å². The zero-order valence-corrected chi connectivity index (χ0v) is 12.3. The van der Waals surface area contributed by atoms with Gasteiger partial charge in [0.2, 0.25) is 0 Å². The molecule has 3 N–H and O–H groups in total. The Kier molecular flexibility index (Phi) is 3.37. The fourth-order valence-corrected chi connectivity index (χ4v) is 3.50.